The number of carbonyl (C=O) groups is 1. The molecule has 0 aliphatic rings. The molecule has 0 saturated heterocycles. The zero-order valence-corrected chi connectivity index (χ0v) is 8.66. The molecule has 2 nitrogen and oxygen atoms in total. The number of aliphatic hydroxyl groups excluding tert-OH is 1. The van der Waals surface area contributed by atoms with E-state index in [4.69, 9.17) is 0 Å². The summed E-state index contributed by atoms with van der Waals surface area (Å²) in [5, 5.41) is 9.59. The first-order valence-electron chi connectivity index (χ1n) is 4.59. The van der Waals surface area contributed by atoms with Gasteiger partial charge >= 0.3 is 0 Å². The Bertz CT molecular complexity index is 150. The number of Topliss-reactive ketones (excluding diaryl/α,β-unsaturated/α-hetero) is 1. The second-order valence-corrected chi connectivity index (χ2v) is 4.08. The molecule has 0 aromatic heterocycles. The maximum absolute atomic E-state index is 11.4. The van der Waals surface area contributed by atoms with E-state index in [1.54, 1.807) is 6.92 Å². The molecule has 2 atom stereocenters. The van der Waals surface area contributed by atoms with Gasteiger partial charge in [-0.15, -0.1) is 0 Å². The van der Waals surface area contributed by atoms with Gasteiger partial charge in [0.15, 0.2) is 0 Å². The molecule has 0 aliphatic carbocycles. The topological polar surface area (TPSA) is 37.3 Å². The van der Waals surface area contributed by atoms with Gasteiger partial charge in [0.1, 0.15) is 5.78 Å². The van der Waals surface area contributed by atoms with Gasteiger partial charge in [-0.25, -0.2) is 0 Å². The fourth-order valence-electron chi connectivity index (χ4n) is 1.27. The Morgan fingerprint density at radius 1 is 1.08 bits per heavy atom. The zero-order valence-electron chi connectivity index (χ0n) is 8.66. The number of ketones is 1. The molecular formula is C10H20O2. The van der Waals surface area contributed by atoms with Gasteiger partial charge in [-0.3, -0.25) is 4.79 Å². The van der Waals surface area contributed by atoms with Crippen LogP contribution < -0.4 is 0 Å². The predicted molar refractivity (Wildman–Crippen MR) is 49.9 cm³/mol. The highest BCUT2D eigenvalue weighted by Crippen LogP contribution is 2.16. The summed E-state index contributed by atoms with van der Waals surface area (Å²) in [4.78, 5) is 11.4. The highest BCUT2D eigenvalue weighted by molar-refractivity contribution is 5.82. The van der Waals surface area contributed by atoms with Gasteiger partial charge in [0.2, 0.25) is 0 Å². The normalized spacial score (nSPS) is 16.7. The van der Waals surface area contributed by atoms with Crippen LogP contribution in [0.4, 0.5) is 0 Å². The van der Waals surface area contributed by atoms with Crippen molar-refractivity contribution in [2.45, 2.75) is 40.7 Å². The van der Waals surface area contributed by atoms with Gasteiger partial charge in [-0.05, 0) is 5.92 Å². The first-order valence-corrected chi connectivity index (χ1v) is 4.59. The van der Waals surface area contributed by atoms with Crippen LogP contribution in [0.15, 0.2) is 0 Å². The third-order valence-electron chi connectivity index (χ3n) is 2.21. The molecule has 0 unspecified atom stereocenters. The van der Waals surface area contributed by atoms with E-state index in [0.29, 0.717) is 0 Å². The average Bonchev–Trinajstić information content (AvgIpc) is 2.00. The molecule has 12 heavy (non-hydrogen) atoms. The van der Waals surface area contributed by atoms with Crippen molar-refractivity contribution in [3.8, 4) is 0 Å². The summed E-state index contributed by atoms with van der Waals surface area (Å²) >= 11 is 0. The molecule has 0 rings (SSSR count). The Morgan fingerprint density at radius 3 is 1.75 bits per heavy atom. The van der Waals surface area contributed by atoms with Crippen molar-refractivity contribution in [3.63, 3.8) is 0 Å². The molecule has 0 aromatic carbocycles. The molecule has 0 spiro atoms. The first kappa shape index (κ1) is 11.6. The lowest BCUT2D eigenvalue weighted by Gasteiger charge is -2.22. The van der Waals surface area contributed by atoms with Gasteiger partial charge < -0.3 is 5.11 Å². The molecule has 0 fully saturated rings. The van der Waals surface area contributed by atoms with E-state index >= 15 is 0 Å². The van der Waals surface area contributed by atoms with E-state index in [-0.39, 0.29) is 23.5 Å². The van der Waals surface area contributed by atoms with Gasteiger partial charge in [-0.1, -0.05) is 34.6 Å². The maximum Gasteiger partial charge on any atom is 0.140 e. The molecule has 0 aromatic rings. The van der Waals surface area contributed by atoms with Crippen LogP contribution >= 0.6 is 0 Å². The SMILES string of the molecule is CC(C)C(=O)[C@@H](C)[C@H](O)C(C)C. The Hall–Kier alpha value is -0.370. The quantitative estimate of drug-likeness (QED) is 0.703. The monoisotopic (exact) mass is 172 g/mol. The van der Waals surface area contributed by atoms with E-state index in [1.165, 1.54) is 0 Å². The lowest BCUT2D eigenvalue weighted by Crippen LogP contribution is -2.32. The Labute approximate surface area is 75.0 Å². The van der Waals surface area contributed by atoms with Gasteiger partial charge in [-0.2, -0.15) is 0 Å². The zero-order chi connectivity index (χ0) is 9.89. The Morgan fingerprint density at radius 2 is 1.50 bits per heavy atom. The molecule has 0 aliphatic heterocycles. The molecule has 1 N–H and O–H groups in total. The van der Waals surface area contributed by atoms with Crippen LogP contribution in [0.25, 0.3) is 0 Å². The molecule has 0 radical (unpaired) electrons. The molecule has 0 bridgehead atoms. The molecule has 0 heterocycles. The number of hydrogen-bond acceptors (Lipinski definition) is 2. The fraction of sp³-hybridized carbons (Fsp3) is 0.900. The highest BCUT2D eigenvalue weighted by atomic mass is 16.3. The van der Waals surface area contributed by atoms with Gasteiger partial charge in [0, 0.05) is 11.8 Å². The number of hydrogen-bond donors (Lipinski definition) is 1. The van der Waals surface area contributed by atoms with Crippen molar-refractivity contribution in [3.05, 3.63) is 0 Å². The van der Waals surface area contributed by atoms with Crippen LogP contribution in [0.1, 0.15) is 34.6 Å². The Kier molecular flexibility index (Phi) is 4.46. The first-order chi connectivity index (χ1) is 5.37. The average molecular weight is 172 g/mol. The van der Waals surface area contributed by atoms with E-state index in [0.717, 1.165) is 0 Å². The van der Waals surface area contributed by atoms with Crippen molar-refractivity contribution in [2.75, 3.05) is 0 Å². The molecule has 0 amide bonds. The molecule has 72 valence electrons. The lowest BCUT2D eigenvalue weighted by molar-refractivity contribution is -0.129. The summed E-state index contributed by atoms with van der Waals surface area (Å²) in [6.07, 6.45) is -0.500. The van der Waals surface area contributed by atoms with Crippen molar-refractivity contribution in [2.24, 2.45) is 17.8 Å². The van der Waals surface area contributed by atoms with Crippen molar-refractivity contribution < 1.29 is 9.90 Å². The second kappa shape index (κ2) is 4.61. The van der Waals surface area contributed by atoms with E-state index in [2.05, 4.69) is 0 Å². The molecule has 2 heteroatoms. The predicted octanol–water partition coefficient (Wildman–Crippen LogP) is 1.86. The van der Waals surface area contributed by atoms with E-state index in [1.807, 2.05) is 27.7 Å². The van der Waals surface area contributed by atoms with Crippen LogP contribution in [0.3, 0.4) is 0 Å². The van der Waals surface area contributed by atoms with Gasteiger partial charge in [0.25, 0.3) is 0 Å². The van der Waals surface area contributed by atoms with Crippen LogP contribution in [-0.2, 0) is 4.79 Å². The number of carbonyl (C=O) groups excluding carboxylic acids is 1. The highest BCUT2D eigenvalue weighted by Gasteiger charge is 2.25. The second-order valence-electron chi connectivity index (χ2n) is 4.08. The maximum atomic E-state index is 11.4. The third-order valence-corrected chi connectivity index (χ3v) is 2.21. The summed E-state index contributed by atoms with van der Waals surface area (Å²) < 4.78 is 0. The lowest BCUT2D eigenvalue weighted by atomic mass is 9.87. The molecular weight excluding hydrogens is 152 g/mol. The minimum Gasteiger partial charge on any atom is -0.392 e. The van der Waals surface area contributed by atoms with Crippen LogP contribution in [0.2, 0.25) is 0 Å². The summed E-state index contributed by atoms with van der Waals surface area (Å²) in [5.74, 6) is 0.0947. The number of rotatable bonds is 4. The standard InChI is InChI=1S/C10H20O2/c1-6(2)9(11)8(5)10(12)7(3)4/h6-9,11H,1-5H3/t8-,9+/m0/s1. The molecule has 0 saturated carbocycles. The van der Waals surface area contributed by atoms with Crippen LogP contribution in [0, 0.1) is 17.8 Å². The van der Waals surface area contributed by atoms with E-state index in [9.17, 15) is 9.90 Å². The minimum atomic E-state index is -0.500. The van der Waals surface area contributed by atoms with Gasteiger partial charge in [0.05, 0.1) is 6.10 Å². The Balaban J connectivity index is 4.19. The van der Waals surface area contributed by atoms with Crippen molar-refractivity contribution in [1.29, 1.82) is 0 Å². The fourth-order valence-corrected chi connectivity index (χ4v) is 1.27. The van der Waals surface area contributed by atoms with Crippen LogP contribution in [0.5, 0.6) is 0 Å². The van der Waals surface area contributed by atoms with Crippen LogP contribution in [-0.4, -0.2) is 17.0 Å². The smallest absolute Gasteiger partial charge is 0.140 e. The minimum absolute atomic E-state index is 0.0217. The van der Waals surface area contributed by atoms with Crippen molar-refractivity contribution in [1.82, 2.24) is 0 Å². The number of aliphatic hydroxyl groups is 1. The largest absolute Gasteiger partial charge is 0.392 e. The van der Waals surface area contributed by atoms with Crippen molar-refractivity contribution >= 4 is 5.78 Å². The summed E-state index contributed by atoms with van der Waals surface area (Å²) in [6, 6.07) is 0. The summed E-state index contributed by atoms with van der Waals surface area (Å²) in [5.41, 5.74) is 0. The summed E-state index contributed by atoms with van der Waals surface area (Å²) in [6.45, 7) is 9.38. The summed E-state index contributed by atoms with van der Waals surface area (Å²) in [7, 11) is 0. The third kappa shape index (κ3) is 2.94. The van der Waals surface area contributed by atoms with E-state index < -0.39 is 6.10 Å².